The third-order valence-electron chi connectivity index (χ3n) is 4.09. The van der Waals surface area contributed by atoms with Crippen LogP contribution in [-0.2, 0) is 0 Å². The van der Waals surface area contributed by atoms with Gasteiger partial charge in [-0.25, -0.2) is 0 Å². The number of hydrogen-bond donors (Lipinski definition) is 1. The van der Waals surface area contributed by atoms with Crippen LogP contribution in [0, 0.1) is 22.7 Å². The van der Waals surface area contributed by atoms with Crippen LogP contribution in [0.1, 0.15) is 67.2 Å². The Morgan fingerprint density at radius 3 is 2.06 bits per heavy atom. The van der Waals surface area contributed by atoms with Crippen molar-refractivity contribution in [2.75, 3.05) is 13.1 Å². The topological polar surface area (TPSA) is 12.0 Å². The molecule has 0 saturated heterocycles. The lowest BCUT2D eigenvalue weighted by Gasteiger charge is -2.33. The molecule has 0 radical (unpaired) electrons. The molecule has 1 rings (SSSR count). The predicted molar refractivity (Wildman–Crippen MR) is 77.2 cm³/mol. The summed E-state index contributed by atoms with van der Waals surface area (Å²) in [7, 11) is 0. The highest BCUT2D eigenvalue weighted by atomic mass is 14.9. The summed E-state index contributed by atoms with van der Waals surface area (Å²) in [5.41, 5.74) is 1.02. The fourth-order valence-corrected chi connectivity index (χ4v) is 2.52. The smallest absolute Gasteiger partial charge is 0.000793 e. The Bertz CT molecular complexity index is 222. The minimum Gasteiger partial charge on any atom is -0.316 e. The van der Waals surface area contributed by atoms with Crippen LogP contribution in [0.15, 0.2) is 0 Å². The fraction of sp³-hybridized carbons (Fsp3) is 1.00. The maximum Gasteiger partial charge on any atom is 0.000793 e. The van der Waals surface area contributed by atoms with E-state index in [1.165, 1.54) is 32.2 Å². The second-order valence-electron chi connectivity index (χ2n) is 8.01. The maximum absolute atomic E-state index is 3.68. The minimum atomic E-state index is 0.480. The van der Waals surface area contributed by atoms with E-state index < -0.39 is 0 Å². The van der Waals surface area contributed by atoms with Gasteiger partial charge in [0, 0.05) is 6.54 Å². The quantitative estimate of drug-likeness (QED) is 0.691. The first kappa shape index (κ1) is 15.0. The van der Waals surface area contributed by atoms with Crippen LogP contribution >= 0.6 is 0 Å². The van der Waals surface area contributed by atoms with Crippen LogP contribution < -0.4 is 5.32 Å². The van der Waals surface area contributed by atoms with Crippen molar-refractivity contribution in [3.05, 3.63) is 0 Å². The molecule has 17 heavy (non-hydrogen) atoms. The Morgan fingerprint density at radius 1 is 1.06 bits per heavy atom. The molecule has 0 aromatic heterocycles. The normalized spacial score (nSPS) is 20.6. The van der Waals surface area contributed by atoms with E-state index in [0.29, 0.717) is 10.8 Å². The Labute approximate surface area is 109 Å². The van der Waals surface area contributed by atoms with Gasteiger partial charge in [-0.1, -0.05) is 41.5 Å². The maximum atomic E-state index is 3.68. The molecule has 0 spiro atoms. The Kier molecular flexibility index (Phi) is 5.07. The third-order valence-corrected chi connectivity index (χ3v) is 4.09. The van der Waals surface area contributed by atoms with Gasteiger partial charge in [0.25, 0.3) is 0 Å². The van der Waals surface area contributed by atoms with Gasteiger partial charge in [0.1, 0.15) is 0 Å². The average molecular weight is 239 g/mol. The standard InChI is InChI=1S/C16H33N/c1-13(2)11-17-12-16(6,14-7-8-14)10-9-15(3,4)5/h13-14,17H,7-12H2,1-6H3. The summed E-state index contributed by atoms with van der Waals surface area (Å²) in [6, 6.07) is 0. The van der Waals surface area contributed by atoms with E-state index in [-0.39, 0.29) is 0 Å². The summed E-state index contributed by atoms with van der Waals surface area (Å²) in [6.45, 7) is 16.5. The van der Waals surface area contributed by atoms with Crippen molar-refractivity contribution in [3.8, 4) is 0 Å². The Hall–Kier alpha value is -0.0400. The lowest BCUT2D eigenvalue weighted by atomic mass is 9.75. The molecule has 1 nitrogen and oxygen atoms in total. The lowest BCUT2D eigenvalue weighted by molar-refractivity contribution is 0.193. The molecule has 1 saturated carbocycles. The zero-order valence-electron chi connectivity index (χ0n) is 12.9. The molecule has 0 bridgehead atoms. The Morgan fingerprint density at radius 2 is 1.65 bits per heavy atom. The molecule has 1 aliphatic rings. The molecule has 1 N–H and O–H groups in total. The fourth-order valence-electron chi connectivity index (χ4n) is 2.52. The van der Waals surface area contributed by atoms with E-state index in [1.807, 2.05) is 0 Å². The van der Waals surface area contributed by atoms with E-state index in [2.05, 4.69) is 46.9 Å². The van der Waals surface area contributed by atoms with Crippen LogP contribution in [0.2, 0.25) is 0 Å². The molecule has 1 aliphatic carbocycles. The number of nitrogens with one attached hydrogen (secondary N) is 1. The molecule has 0 aliphatic heterocycles. The van der Waals surface area contributed by atoms with E-state index in [0.717, 1.165) is 18.4 Å². The lowest BCUT2D eigenvalue weighted by Crippen LogP contribution is -2.36. The van der Waals surface area contributed by atoms with E-state index >= 15 is 0 Å². The molecule has 1 unspecified atom stereocenters. The Balaban J connectivity index is 2.39. The van der Waals surface area contributed by atoms with Crippen molar-refractivity contribution in [3.63, 3.8) is 0 Å². The van der Waals surface area contributed by atoms with Gasteiger partial charge in [-0.3, -0.25) is 0 Å². The first-order chi connectivity index (χ1) is 7.73. The van der Waals surface area contributed by atoms with Crippen LogP contribution in [0.3, 0.4) is 0 Å². The van der Waals surface area contributed by atoms with Crippen LogP contribution in [-0.4, -0.2) is 13.1 Å². The summed E-state index contributed by atoms with van der Waals surface area (Å²) in [5, 5.41) is 3.68. The zero-order valence-corrected chi connectivity index (χ0v) is 12.9. The monoisotopic (exact) mass is 239 g/mol. The second-order valence-corrected chi connectivity index (χ2v) is 8.01. The molecular weight excluding hydrogens is 206 g/mol. The van der Waals surface area contributed by atoms with Gasteiger partial charge < -0.3 is 5.32 Å². The van der Waals surface area contributed by atoms with E-state index in [4.69, 9.17) is 0 Å². The summed E-state index contributed by atoms with van der Waals surface area (Å²) >= 11 is 0. The summed E-state index contributed by atoms with van der Waals surface area (Å²) in [4.78, 5) is 0. The van der Waals surface area contributed by atoms with Crippen molar-refractivity contribution in [2.45, 2.75) is 67.2 Å². The summed E-state index contributed by atoms with van der Waals surface area (Å²) in [6.07, 6.45) is 5.66. The molecule has 0 aromatic carbocycles. The van der Waals surface area contributed by atoms with Crippen LogP contribution in [0.4, 0.5) is 0 Å². The van der Waals surface area contributed by atoms with Crippen molar-refractivity contribution in [1.29, 1.82) is 0 Å². The van der Waals surface area contributed by atoms with Crippen molar-refractivity contribution >= 4 is 0 Å². The van der Waals surface area contributed by atoms with Gasteiger partial charge in [-0.15, -0.1) is 0 Å². The molecule has 102 valence electrons. The molecule has 0 aromatic rings. The number of hydrogen-bond acceptors (Lipinski definition) is 1. The first-order valence-electron chi connectivity index (χ1n) is 7.44. The summed E-state index contributed by atoms with van der Waals surface area (Å²) < 4.78 is 0. The average Bonchev–Trinajstić information content (AvgIpc) is 2.96. The second kappa shape index (κ2) is 5.73. The summed E-state index contributed by atoms with van der Waals surface area (Å²) in [5.74, 6) is 1.76. The number of rotatable bonds is 7. The van der Waals surface area contributed by atoms with Gasteiger partial charge in [0.05, 0.1) is 0 Å². The van der Waals surface area contributed by atoms with Gasteiger partial charge in [-0.05, 0) is 54.9 Å². The van der Waals surface area contributed by atoms with Gasteiger partial charge in [0.2, 0.25) is 0 Å². The van der Waals surface area contributed by atoms with E-state index in [1.54, 1.807) is 0 Å². The highest BCUT2D eigenvalue weighted by molar-refractivity contribution is 4.93. The minimum absolute atomic E-state index is 0.480. The highest BCUT2D eigenvalue weighted by Gasteiger charge is 2.41. The largest absolute Gasteiger partial charge is 0.316 e. The van der Waals surface area contributed by atoms with Crippen LogP contribution in [0.25, 0.3) is 0 Å². The SMILES string of the molecule is CC(C)CNCC(C)(CCC(C)(C)C)C1CC1. The molecule has 0 heterocycles. The van der Waals surface area contributed by atoms with Crippen LogP contribution in [0.5, 0.6) is 0 Å². The molecular formula is C16H33N. The predicted octanol–water partition coefficient (Wildman–Crippen LogP) is 4.47. The van der Waals surface area contributed by atoms with Crippen molar-refractivity contribution < 1.29 is 0 Å². The molecule has 0 amide bonds. The van der Waals surface area contributed by atoms with Gasteiger partial charge in [-0.2, -0.15) is 0 Å². The van der Waals surface area contributed by atoms with Gasteiger partial charge in [0.15, 0.2) is 0 Å². The zero-order chi connectivity index (χ0) is 13.1. The van der Waals surface area contributed by atoms with Gasteiger partial charge >= 0.3 is 0 Å². The third kappa shape index (κ3) is 5.90. The molecule has 1 fully saturated rings. The van der Waals surface area contributed by atoms with E-state index in [9.17, 15) is 0 Å². The van der Waals surface area contributed by atoms with Crippen molar-refractivity contribution in [1.82, 2.24) is 5.32 Å². The molecule has 1 atom stereocenters. The first-order valence-corrected chi connectivity index (χ1v) is 7.44. The van der Waals surface area contributed by atoms with Crippen molar-refractivity contribution in [2.24, 2.45) is 22.7 Å². The highest BCUT2D eigenvalue weighted by Crippen LogP contribution is 2.49. The molecule has 1 heteroatoms.